The first kappa shape index (κ1) is 19.2. The Morgan fingerprint density at radius 1 is 1.29 bits per heavy atom. The van der Waals surface area contributed by atoms with Gasteiger partial charge in [-0.3, -0.25) is 4.98 Å². The third-order valence-electron chi connectivity index (χ3n) is 5.75. The maximum Gasteiger partial charge on any atom is 0.341 e. The van der Waals surface area contributed by atoms with Crippen LogP contribution in [0.4, 0.5) is 5.69 Å². The number of fused-ring (bicyclic) bond motifs is 1. The van der Waals surface area contributed by atoms with Gasteiger partial charge in [0.25, 0.3) is 0 Å². The quantitative estimate of drug-likeness (QED) is 0.772. The number of hydrogen-bond donors (Lipinski definition) is 1. The smallest absolute Gasteiger partial charge is 0.341 e. The van der Waals surface area contributed by atoms with Crippen LogP contribution in [0, 0.1) is 5.92 Å². The summed E-state index contributed by atoms with van der Waals surface area (Å²) < 4.78 is 10.8. The molecule has 1 unspecified atom stereocenters. The highest BCUT2D eigenvalue weighted by Gasteiger charge is 2.25. The fourth-order valence-corrected chi connectivity index (χ4v) is 4.22. The molecule has 1 aromatic heterocycles. The number of para-hydroxylation sites is 1. The minimum absolute atomic E-state index is 0.318. The summed E-state index contributed by atoms with van der Waals surface area (Å²) in [7, 11) is 0. The highest BCUT2D eigenvalue weighted by Crippen LogP contribution is 2.29. The van der Waals surface area contributed by atoms with Crippen LogP contribution in [0.15, 0.2) is 30.5 Å². The highest BCUT2D eigenvalue weighted by molar-refractivity contribution is 6.04. The lowest BCUT2D eigenvalue weighted by molar-refractivity contribution is 0.0527. The number of benzene rings is 1. The van der Waals surface area contributed by atoms with Gasteiger partial charge in [0.2, 0.25) is 0 Å². The first-order valence-electron chi connectivity index (χ1n) is 10.4. The zero-order valence-corrected chi connectivity index (χ0v) is 16.5. The number of anilines is 1. The van der Waals surface area contributed by atoms with Crippen molar-refractivity contribution in [1.82, 2.24) is 9.88 Å². The lowest BCUT2D eigenvalue weighted by Gasteiger charge is -2.34. The zero-order valence-electron chi connectivity index (χ0n) is 16.5. The van der Waals surface area contributed by atoms with Crippen LogP contribution in [0.2, 0.25) is 0 Å². The summed E-state index contributed by atoms with van der Waals surface area (Å²) in [4.78, 5) is 19.5. The summed E-state index contributed by atoms with van der Waals surface area (Å²) >= 11 is 0. The Morgan fingerprint density at radius 2 is 2.11 bits per heavy atom. The van der Waals surface area contributed by atoms with E-state index in [0.29, 0.717) is 24.1 Å². The van der Waals surface area contributed by atoms with E-state index in [0.717, 1.165) is 62.3 Å². The molecule has 2 aromatic rings. The summed E-state index contributed by atoms with van der Waals surface area (Å²) in [6.45, 7) is 7.29. The van der Waals surface area contributed by atoms with E-state index in [2.05, 4.69) is 15.2 Å². The number of ether oxygens (including phenoxy) is 2. The first-order valence-corrected chi connectivity index (χ1v) is 10.4. The molecule has 0 bridgehead atoms. The Morgan fingerprint density at radius 3 is 2.86 bits per heavy atom. The van der Waals surface area contributed by atoms with Crippen molar-refractivity contribution in [2.24, 2.45) is 5.92 Å². The second-order valence-corrected chi connectivity index (χ2v) is 7.73. The van der Waals surface area contributed by atoms with E-state index in [9.17, 15) is 4.79 Å². The van der Waals surface area contributed by atoms with Gasteiger partial charge in [-0.25, -0.2) is 4.79 Å². The summed E-state index contributed by atoms with van der Waals surface area (Å²) in [5, 5.41) is 4.62. The molecule has 1 atom stereocenters. The van der Waals surface area contributed by atoms with Crippen LogP contribution in [0.5, 0.6) is 0 Å². The number of hydrogen-bond acceptors (Lipinski definition) is 6. The third-order valence-corrected chi connectivity index (χ3v) is 5.75. The molecule has 2 aliphatic heterocycles. The van der Waals surface area contributed by atoms with Crippen LogP contribution in [0.1, 0.15) is 36.5 Å². The number of aromatic nitrogens is 1. The van der Waals surface area contributed by atoms with Gasteiger partial charge in [0.05, 0.1) is 24.4 Å². The van der Waals surface area contributed by atoms with Crippen LogP contribution in [0.3, 0.4) is 0 Å². The van der Waals surface area contributed by atoms with Gasteiger partial charge in [0.1, 0.15) is 5.56 Å². The van der Waals surface area contributed by atoms with E-state index >= 15 is 0 Å². The SMILES string of the molecule is CCOC(=O)c1cnc2ccccc2c1NC1CCN(CC2CCOC2)CC1. The minimum Gasteiger partial charge on any atom is -0.462 e. The van der Waals surface area contributed by atoms with Crippen molar-refractivity contribution < 1.29 is 14.3 Å². The fraction of sp³-hybridized carbons (Fsp3) is 0.545. The average molecular weight is 383 g/mol. The molecule has 150 valence electrons. The molecular weight excluding hydrogens is 354 g/mol. The number of likely N-dealkylation sites (tertiary alicyclic amines) is 1. The predicted molar refractivity (Wildman–Crippen MR) is 110 cm³/mol. The molecule has 0 amide bonds. The first-order chi connectivity index (χ1) is 13.7. The van der Waals surface area contributed by atoms with Crippen LogP contribution in [-0.4, -0.2) is 61.3 Å². The average Bonchev–Trinajstić information content (AvgIpc) is 3.23. The van der Waals surface area contributed by atoms with E-state index in [4.69, 9.17) is 9.47 Å². The van der Waals surface area contributed by atoms with Crippen molar-refractivity contribution in [3.05, 3.63) is 36.0 Å². The van der Waals surface area contributed by atoms with E-state index < -0.39 is 0 Å². The van der Waals surface area contributed by atoms with Crippen molar-refractivity contribution >= 4 is 22.6 Å². The normalized spacial score (nSPS) is 21.1. The molecule has 0 aliphatic carbocycles. The van der Waals surface area contributed by atoms with Crippen molar-refractivity contribution in [2.75, 3.05) is 44.8 Å². The van der Waals surface area contributed by atoms with E-state index in [1.165, 1.54) is 6.42 Å². The summed E-state index contributed by atoms with van der Waals surface area (Å²) in [6.07, 6.45) is 4.95. The maximum absolute atomic E-state index is 12.5. The number of pyridine rings is 1. The van der Waals surface area contributed by atoms with Crippen LogP contribution >= 0.6 is 0 Å². The molecular formula is C22H29N3O3. The Balaban J connectivity index is 1.47. The van der Waals surface area contributed by atoms with Gasteiger partial charge in [0.15, 0.2) is 0 Å². The van der Waals surface area contributed by atoms with Gasteiger partial charge >= 0.3 is 5.97 Å². The Bertz CT molecular complexity index is 812. The lowest BCUT2D eigenvalue weighted by Crippen LogP contribution is -2.41. The Hall–Kier alpha value is -2.18. The zero-order chi connectivity index (χ0) is 19.3. The van der Waals surface area contributed by atoms with Crippen molar-refractivity contribution in [1.29, 1.82) is 0 Å². The van der Waals surface area contributed by atoms with Crippen molar-refractivity contribution in [3.63, 3.8) is 0 Å². The monoisotopic (exact) mass is 383 g/mol. The number of carbonyl (C=O) groups excluding carboxylic acids is 1. The number of rotatable bonds is 6. The second-order valence-electron chi connectivity index (χ2n) is 7.73. The number of nitrogens with one attached hydrogen (secondary N) is 1. The molecule has 3 heterocycles. The molecule has 6 nitrogen and oxygen atoms in total. The van der Waals surface area contributed by atoms with Gasteiger partial charge in [0, 0.05) is 43.9 Å². The molecule has 2 fully saturated rings. The minimum atomic E-state index is -0.318. The molecule has 0 radical (unpaired) electrons. The van der Waals surface area contributed by atoms with E-state index in [-0.39, 0.29) is 5.97 Å². The molecule has 2 saturated heterocycles. The molecule has 28 heavy (non-hydrogen) atoms. The molecule has 6 heteroatoms. The topological polar surface area (TPSA) is 63.7 Å². The fourth-order valence-electron chi connectivity index (χ4n) is 4.22. The number of nitrogens with zero attached hydrogens (tertiary/aromatic N) is 2. The van der Waals surface area contributed by atoms with Gasteiger partial charge in [-0.05, 0) is 38.2 Å². The lowest BCUT2D eigenvalue weighted by atomic mass is 10.0. The van der Waals surface area contributed by atoms with Crippen LogP contribution in [0.25, 0.3) is 10.9 Å². The standard InChI is InChI=1S/C22H29N3O3/c1-2-28-22(26)19-13-23-20-6-4-3-5-18(20)21(19)24-17-7-10-25(11-8-17)14-16-9-12-27-15-16/h3-6,13,16-17H,2,7-12,14-15H2,1H3,(H,23,24). The summed E-state index contributed by atoms with van der Waals surface area (Å²) in [6, 6.07) is 8.28. The van der Waals surface area contributed by atoms with Gasteiger partial charge in [-0.2, -0.15) is 0 Å². The number of esters is 1. The molecule has 0 saturated carbocycles. The highest BCUT2D eigenvalue weighted by atomic mass is 16.5. The number of piperidine rings is 1. The van der Waals surface area contributed by atoms with Gasteiger partial charge < -0.3 is 19.7 Å². The van der Waals surface area contributed by atoms with E-state index in [1.54, 1.807) is 6.20 Å². The molecule has 1 aromatic carbocycles. The third kappa shape index (κ3) is 4.28. The van der Waals surface area contributed by atoms with E-state index in [1.807, 2.05) is 31.2 Å². The Labute approximate surface area is 166 Å². The van der Waals surface area contributed by atoms with Crippen LogP contribution in [-0.2, 0) is 9.47 Å². The molecule has 1 N–H and O–H groups in total. The Kier molecular flexibility index (Phi) is 6.07. The molecule has 0 spiro atoms. The van der Waals surface area contributed by atoms with Gasteiger partial charge in [-0.15, -0.1) is 0 Å². The van der Waals surface area contributed by atoms with Crippen molar-refractivity contribution in [3.8, 4) is 0 Å². The van der Waals surface area contributed by atoms with Gasteiger partial charge in [-0.1, -0.05) is 18.2 Å². The predicted octanol–water partition coefficient (Wildman–Crippen LogP) is 3.32. The second kappa shape index (κ2) is 8.88. The molecule has 2 aliphatic rings. The molecule has 4 rings (SSSR count). The summed E-state index contributed by atoms with van der Waals surface area (Å²) in [5.74, 6) is 0.367. The van der Waals surface area contributed by atoms with Crippen molar-refractivity contribution in [2.45, 2.75) is 32.2 Å². The largest absolute Gasteiger partial charge is 0.462 e. The number of carbonyl (C=O) groups is 1. The maximum atomic E-state index is 12.5. The van der Waals surface area contributed by atoms with Crippen LogP contribution < -0.4 is 5.32 Å². The summed E-state index contributed by atoms with van der Waals surface area (Å²) in [5.41, 5.74) is 2.26.